The van der Waals surface area contributed by atoms with Gasteiger partial charge in [0.05, 0.1) is 0 Å². The van der Waals surface area contributed by atoms with Crippen LogP contribution < -0.4 is 4.74 Å². The zero-order chi connectivity index (χ0) is 16.8. The van der Waals surface area contributed by atoms with Gasteiger partial charge in [-0.2, -0.15) is 0 Å². The minimum Gasteiger partial charge on any atom is -0.488 e. The smallest absolute Gasteiger partial charge is 0.303 e. The van der Waals surface area contributed by atoms with Crippen LogP contribution in [-0.2, 0) is 22.6 Å². The normalized spacial score (nSPS) is 18.1. The fourth-order valence-electron chi connectivity index (χ4n) is 3.39. The van der Waals surface area contributed by atoms with E-state index in [9.17, 15) is 9.59 Å². The Hall–Kier alpha value is -2.33. The van der Waals surface area contributed by atoms with Gasteiger partial charge in [-0.05, 0) is 53.8 Å². The first-order valence-corrected chi connectivity index (χ1v) is 8.20. The number of halogens is 1. The number of ether oxygens (including phenoxy) is 2. The van der Waals surface area contributed by atoms with Crippen LogP contribution in [0.25, 0.3) is 11.1 Å². The topological polar surface area (TPSA) is 52.6 Å². The van der Waals surface area contributed by atoms with Crippen molar-refractivity contribution in [2.45, 2.75) is 32.5 Å². The van der Waals surface area contributed by atoms with Crippen LogP contribution in [0.2, 0.25) is 5.02 Å². The van der Waals surface area contributed by atoms with Crippen molar-refractivity contribution in [2.75, 3.05) is 0 Å². The number of hydrogen-bond donors (Lipinski definition) is 0. The summed E-state index contributed by atoms with van der Waals surface area (Å²) in [5, 5.41) is 0.679. The fourth-order valence-corrected chi connectivity index (χ4v) is 3.59. The Morgan fingerprint density at radius 2 is 2.00 bits per heavy atom. The van der Waals surface area contributed by atoms with Gasteiger partial charge in [0.1, 0.15) is 12.4 Å². The predicted octanol–water partition coefficient (Wildman–Crippen LogP) is 3.96. The highest BCUT2D eigenvalue weighted by Crippen LogP contribution is 2.41. The molecule has 0 bridgehead atoms. The van der Waals surface area contributed by atoms with Crippen molar-refractivity contribution in [1.29, 1.82) is 0 Å². The average molecular weight is 343 g/mol. The van der Waals surface area contributed by atoms with Crippen LogP contribution in [0.15, 0.2) is 30.3 Å². The van der Waals surface area contributed by atoms with Gasteiger partial charge in [0.15, 0.2) is 6.10 Å². The summed E-state index contributed by atoms with van der Waals surface area (Å²) >= 11 is 6.05. The molecule has 122 valence electrons. The minimum atomic E-state index is -0.692. The zero-order valence-electron chi connectivity index (χ0n) is 13.1. The molecular weight excluding hydrogens is 328 g/mol. The van der Waals surface area contributed by atoms with E-state index in [-0.39, 0.29) is 5.78 Å². The van der Waals surface area contributed by atoms with Gasteiger partial charge in [0.25, 0.3) is 0 Å². The van der Waals surface area contributed by atoms with Crippen LogP contribution >= 0.6 is 11.6 Å². The third-order valence-electron chi connectivity index (χ3n) is 4.49. The largest absolute Gasteiger partial charge is 0.488 e. The number of Topliss-reactive ketones (excluding diaryl/α,β-unsaturated/α-hetero) is 1. The van der Waals surface area contributed by atoms with Gasteiger partial charge in [0.2, 0.25) is 5.78 Å². The first kappa shape index (κ1) is 15.2. The van der Waals surface area contributed by atoms with Crippen molar-refractivity contribution >= 4 is 23.4 Å². The van der Waals surface area contributed by atoms with E-state index in [2.05, 4.69) is 0 Å². The fraction of sp³-hybridized carbons (Fsp3) is 0.263. The highest BCUT2D eigenvalue weighted by atomic mass is 35.5. The molecule has 1 atom stereocenters. The third-order valence-corrected chi connectivity index (χ3v) is 4.72. The maximum Gasteiger partial charge on any atom is 0.303 e. The number of benzene rings is 2. The number of esters is 1. The molecule has 2 aliphatic rings. The minimum absolute atomic E-state index is 0.153. The molecule has 4 rings (SSSR count). The number of hydrogen-bond acceptors (Lipinski definition) is 4. The number of rotatable bonds is 1. The van der Waals surface area contributed by atoms with Crippen LogP contribution in [0.1, 0.15) is 34.8 Å². The van der Waals surface area contributed by atoms with Crippen molar-refractivity contribution in [3.63, 3.8) is 0 Å². The molecule has 1 aliphatic heterocycles. The SMILES string of the molecule is CC(=O)OC1CCc2cc3c(cc2C1=O)OCc1cc(Cl)ccc1-3. The van der Waals surface area contributed by atoms with E-state index in [1.54, 1.807) is 6.07 Å². The summed E-state index contributed by atoms with van der Waals surface area (Å²) in [6.07, 6.45) is 0.510. The van der Waals surface area contributed by atoms with E-state index in [1.807, 2.05) is 24.3 Å². The molecule has 0 fully saturated rings. The molecule has 0 amide bonds. The quantitative estimate of drug-likeness (QED) is 0.736. The number of carbonyl (C=O) groups excluding carboxylic acids is 2. The maximum atomic E-state index is 12.6. The van der Waals surface area contributed by atoms with Gasteiger partial charge in [0, 0.05) is 23.1 Å². The maximum absolute atomic E-state index is 12.6. The lowest BCUT2D eigenvalue weighted by Gasteiger charge is -2.27. The second kappa shape index (κ2) is 5.64. The van der Waals surface area contributed by atoms with Crippen LogP contribution in [0, 0.1) is 0 Å². The Kier molecular flexibility index (Phi) is 3.57. The molecule has 2 aromatic carbocycles. The van der Waals surface area contributed by atoms with Gasteiger partial charge in [-0.15, -0.1) is 0 Å². The molecule has 0 N–H and O–H groups in total. The summed E-state index contributed by atoms with van der Waals surface area (Å²) in [6, 6.07) is 9.54. The molecule has 1 heterocycles. The first-order chi connectivity index (χ1) is 11.5. The third kappa shape index (κ3) is 2.47. The molecule has 5 heteroatoms. The van der Waals surface area contributed by atoms with E-state index < -0.39 is 12.1 Å². The number of carbonyl (C=O) groups is 2. The van der Waals surface area contributed by atoms with Crippen LogP contribution in [0.4, 0.5) is 0 Å². The van der Waals surface area contributed by atoms with Crippen LogP contribution in [0.3, 0.4) is 0 Å². The Morgan fingerprint density at radius 3 is 2.79 bits per heavy atom. The van der Waals surface area contributed by atoms with Crippen molar-refractivity contribution < 1.29 is 19.1 Å². The molecule has 0 radical (unpaired) electrons. The Morgan fingerprint density at radius 1 is 1.17 bits per heavy atom. The van der Waals surface area contributed by atoms with Crippen molar-refractivity contribution in [3.8, 4) is 16.9 Å². The lowest BCUT2D eigenvalue weighted by molar-refractivity contribution is -0.144. The number of aryl methyl sites for hydroxylation is 1. The van der Waals surface area contributed by atoms with Gasteiger partial charge in [-0.25, -0.2) is 0 Å². The van der Waals surface area contributed by atoms with Crippen molar-refractivity contribution in [3.05, 3.63) is 52.0 Å². The summed E-state index contributed by atoms with van der Waals surface area (Å²) in [4.78, 5) is 23.7. The predicted molar refractivity (Wildman–Crippen MR) is 89.4 cm³/mol. The molecular formula is C19H15ClO4. The van der Waals surface area contributed by atoms with E-state index in [1.165, 1.54) is 6.92 Å². The molecule has 1 aliphatic carbocycles. The van der Waals surface area contributed by atoms with Crippen LogP contribution in [-0.4, -0.2) is 17.9 Å². The molecule has 24 heavy (non-hydrogen) atoms. The molecule has 4 nitrogen and oxygen atoms in total. The highest BCUT2D eigenvalue weighted by molar-refractivity contribution is 6.30. The average Bonchev–Trinajstić information content (AvgIpc) is 2.55. The lowest BCUT2D eigenvalue weighted by atomic mass is 9.85. The molecule has 0 saturated carbocycles. The van der Waals surface area contributed by atoms with Gasteiger partial charge >= 0.3 is 5.97 Å². The Bertz CT molecular complexity index is 872. The lowest BCUT2D eigenvalue weighted by Crippen LogP contribution is -2.31. The van der Waals surface area contributed by atoms with E-state index in [0.717, 1.165) is 22.3 Å². The monoisotopic (exact) mass is 342 g/mol. The van der Waals surface area contributed by atoms with Crippen molar-refractivity contribution in [1.82, 2.24) is 0 Å². The van der Waals surface area contributed by atoms with E-state index in [4.69, 9.17) is 21.1 Å². The Labute approximate surface area is 144 Å². The summed E-state index contributed by atoms with van der Waals surface area (Å²) in [7, 11) is 0. The molecule has 0 saturated heterocycles. The number of fused-ring (bicyclic) bond motifs is 4. The van der Waals surface area contributed by atoms with Crippen molar-refractivity contribution in [2.24, 2.45) is 0 Å². The molecule has 2 aromatic rings. The molecule has 0 aromatic heterocycles. The summed E-state index contributed by atoms with van der Waals surface area (Å²) in [5.74, 6) is 0.0944. The zero-order valence-corrected chi connectivity index (χ0v) is 13.9. The Balaban J connectivity index is 1.77. The second-order valence-corrected chi connectivity index (χ2v) is 6.53. The van der Waals surface area contributed by atoms with Crippen LogP contribution in [0.5, 0.6) is 5.75 Å². The van der Waals surface area contributed by atoms with Gasteiger partial charge < -0.3 is 9.47 Å². The summed E-state index contributed by atoms with van der Waals surface area (Å²) in [6.45, 7) is 1.74. The first-order valence-electron chi connectivity index (χ1n) is 7.83. The summed E-state index contributed by atoms with van der Waals surface area (Å²) in [5.41, 5.74) is 4.65. The van der Waals surface area contributed by atoms with E-state index in [0.29, 0.717) is 35.8 Å². The highest BCUT2D eigenvalue weighted by Gasteiger charge is 2.32. The molecule has 0 spiro atoms. The van der Waals surface area contributed by atoms with Gasteiger partial charge in [-0.3, -0.25) is 9.59 Å². The van der Waals surface area contributed by atoms with E-state index >= 15 is 0 Å². The number of ketones is 1. The second-order valence-electron chi connectivity index (χ2n) is 6.10. The standard InChI is InChI=1S/C19H15ClO4/c1-10(21)24-17-5-2-11-7-16-14-4-3-13(20)6-12(14)9-23-18(16)8-15(11)19(17)22/h3-4,6-8,17H,2,5,9H2,1H3. The van der Waals surface area contributed by atoms with Gasteiger partial charge in [-0.1, -0.05) is 17.7 Å². The molecule has 1 unspecified atom stereocenters. The summed E-state index contributed by atoms with van der Waals surface area (Å²) < 4.78 is 10.9.